The number of ether oxygens (including phenoxy) is 1. The van der Waals surface area contributed by atoms with Crippen molar-refractivity contribution < 1.29 is 13.5 Å². The fraction of sp³-hybridized carbons (Fsp3) is 0.412. The summed E-state index contributed by atoms with van der Waals surface area (Å²) < 4.78 is 32.8. The monoisotopic (exact) mass is 319 g/mol. The molecular weight excluding hydrogens is 300 g/mol. The average Bonchev–Trinajstić information content (AvgIpc) is 2.60. The van der Waals surface area contributed by atoms with Crippen LogP contribution in [0.15, 0.2) is 30.7 Å². The van der Waals surface area contributed by atoms with Gasteiger partial charge in [-0.1, -0.05) is 0 Å². The maximum atomic E-state index is 14.1. The Morgan fingerprint density at radius 1 is 1.30 bits per heavy atom. The van der Waals surface area contributed by atoms with Crippen molar-refractivity contribution >= 4 is 0 Å². The van der Waals surface area contributed by atoms with Crippen LogP contribution < -0.4 is 4.74 Å². The van der Waals surface area contributed by atoms with Crippen LogP contribution in [0.5, 0.6) is 5.75 Å². The van der Waals surface area contributed by atoms with Crippen LogP contribution in [-0.4, -0.2) is 35.1 Å². The third kappa shape index (κ3) is 3.47. The maximum Gasteiger partial charge on any atom is 0.167 e. The van der Waals surface area contributed by atoms with Gasteiger partial charge in [0.15, 0.2) is 11.6 Å². The van der Waals surface area contributed by atoms with Crippen LogP contribution in [0.4, 0.5) is 8.78 Å². The number of hydrogen-bond donors (Lipinski definition) is 0. The van der Waals surface area contributed by atoms with Crippen LogP contribution in [0.2, 0.25) is 0 Å². The highest BCUT2D eigenvalue weighted by atomic mass is 19.2. The van der Waals surface area contributed by atoms with E-state index >= 15 is 0 Å². The van der Waals surface area contributed by atoms with Gasteiger partial charge in [-0.05, 0) is 37.6 Å². The lowest BCUT2D eigenvalue weighted by Crippen LogP contribution is -2.34. The molecule has 2 heterocycles. The lowest BCUT2D eigenvalue weighted by molar-refractivity contribution is 0.193. The van der Waals surface area contributed by atoms with Gasteiger partial charge in [0.25, 0.3) is 0 Å². The molecule has 6 heteroatoms. The minimum Gasteiger partial charge on any atom is -0.496 e. The van der Waals surface area contributed by atoms with Crippen molar-refractivity contribution in [3.63, 3.8) is 0 Å². The van der Waals surface area contributed by atoms with Crippen LogP contribution >= 0.6 is 0 Å². The van der Waals surface area contributed by atoms with E-state index in [1.807, 2.05) is 6.07 Å². The second-order valence-corrected chi connectivity index (χ2v) is 5.75. The smallest absolute Gasteiger partial charge is 0.167 e. The summed E-state index contributed by atoms with van der Waals surface area (Å²) in [4.78, 5) is 10.4. The molecule has 0 unspecified atom stereocenters. The molecule has 2 aromatic rings. The van der Waals surface area contributed by atoms with Gasteiger partial charge in [-0.15, -0.1) is 0 Å². The first-order valence-electron chi connectivity index (χ1n) is 7.68. The zero-order chi connectivity index (χ0) is 16.2. The van der Waals surface area contributed by atoms with E-state index in [-0.39, 0.29) is 11.5 Å². The van der Waals surface area contributed by atoms with E-state index in [2.05, 4.69) is 14.9 Å². The Labute approximate surface area is 134 Å². The molecule has 122 valence electrons. The summed E-state index contributed by atoms with van der Waals surface area (Å²) in [5.41, 5.74) is 1.27. The molecule has 23 heavy (non-hydrogen) atoms. The fourth-order valence-corrected chi connectivity index (χ4v) is 3.12. The molecule has 0 amide bonds. The highest BCUT2D eigenvalue weighted by molar-refractivity contribution is 5.35. The van der Waals surface area contributed by atoms with E-state index in [4.69, 9.17) is 4.74 Å². The van der Waals surface area contributed by atoms with Crippen molar-refractivity contribution in [2.75, 3.05) is 20.2 Å². The van der Waals surface area contributed by atoms with Crippen LogP contribution in [-0.2, 0) is 6.54 Å². The van der Waals surface area contributed by atoms with Crippen LogP contribution in [0.1, 0.15) is 30.0 Å². The van der Waals surface area contributed by atoms with Crippen LogP contribution in [0.25, 0.3) is 0 Å². The zero-order valence-electron chi connectivity index (χ0n) is 13.0. The molecule has 1 aromatic heterocycles. The lowest BCUT2D eigenvalue weighted by atomic mass is 9.94. The number of aromatic nitrogens is 2. The molecule has 1 aliphatic heterocycles. The first-order valence-corrected chi connectivity index (χ1v) is 7.68. The van der Waals surface area contributed by atoms with E-state index < -0.39 is 11.6 Å². The molecule has 0 radical (unpaired) electrons. The summed E-state index contributed by atoms with van der Waals surface area (Å²) in [5, 5.41) is 0. The second-order valence-electron chi connectivity index (χ2n) is 5.75. The van der Waals surface area contributed by atoms with Crippen LogP contribution in [0.3, 0.4) is 0 Å². The summed E-state index contributed by atoms with van der Waals surface area (Å²) in [6.45, 7) is 1.94. The van der Waals surface area contributed by atoms with E-state index in [0.717, 1.165) is 37.7 Å². The molecular formula is C17H19F2N3O. The number of methoxy groups -OCH3 is 1. The van der Waals surface area contributed by atoms with Crippen molar-refractivity contribution in [3.8, 4) is 5.75 Å². The molecule has 3 rings (SSSR count). The number of nitrogens with zero attached hydrogens (tertiary/aromatic N) is 3. The van der Waals surface area contributed by atoms with E-state index in [9.17, 15) is 8.78 Å². The van der Waals surface area contributed by atoms with Gasteiger partial charge in [0.2, 0.25) is 0 Å². The number of rotatable bonds is 4. The van der Waals surface area contributed by atoms with Crippen LogP contribution in [0, 0.1) is 11.6 Å². The predicted octanol–water partition coefficient (Wildman–Crippen LogP) is 3.14. The van der Waals surface area contributed by atoms with Gasteiger partial charge in [0.1, 0.15) is 12.1 Å². The molecule has 0 spiro atoms. The molecule has 0 aliphatic carbocycles. The third-order valence-electron chi connectivity index (χ3n) is 4.28. The van der Waals surface area contributed by atoms with E-state index in [1.165, 1.54) is 13.2 Å². The number of likely N-dealkylation sites (tertiary alicyclic amines) is 1. The summed E-state index contributed by atoms with van der Waals surface area (Å²) in [5.74, 6) is -0.999. The van der Waals surface area contributed by atoms with Crippen molar-refractivity contribution in [1.29, 1.82) is 0 Å². The first kappa shape index (κ1) is 15.8. The number of halogens is 2. The fourth-order valence-electron chi connectivity index (χ4n) is 3.12. The van der Waals surface area contributed by atoms with Crippen molar-refractivity contribution in [1.82, 2.24) is 14.9 Å². The molecule has 1 atom stereocenters. The van der Waals surface area contributed by atoms with Gasteiger partial charge in [-0.25, -0.2) is 18.7 Å². The largest absolute Gasteiger partial charge is 0.496 e. The highest BCUT2D eigenvalue weighted by Gasteiger charge is 2.25. The molecule has 0 bridgehead atoms. The topological polar surface area (TPSA) is 38.2 Å². The molecule has 4 nitrogen and oxygen atoms in total. The Morgan fingerprint density at radius 2 is 2.17 bits per heavy atom. The highest BCUT2D eigenvalue weighted by Crippen LogP contribution is 2.29. The van der Waals surface area contributed by atoms with Gasteiger partial charge in [-0.3, -0.25) is 4.90 Å². The number of piperidine rings is 1. The van der Waals surface area contributed by atoms with Crippen molar-refractivity contribution in [2.45, 2.75) is 25.3 Å². The summed E-state index contributed by atoms with van der Waals surface area (Å²) in [7, 11) is 1.47. The lowest BCUT2D eigenvalue weighted by Gasteiger charge is -2.32. The second kappa shape index (κ2) is 7.00. The Morgan fingerprint density at radius 3 is 2.91 bits per heavy atom. The predicted molar refractivity (Wildman–Crippen MR) is 82.2 cm³/mol. The molecule has 1 aromatic carbocycles. The Balaban J connectivity index is 1.77. The third-order valence-corrected chi connectivity index (χ3v) is 4.28. The maximum absolute atomic E-state index is 14.1. The standard InChI is InChI=1S/C17H19F2N3O/c1-23-16-5-4-14(18)17(19)13(16)10-22-8-2-3-12(9-22)15-6-7-20-11-21-15/h4-7,11-12H,2-3,8-10H2,1H3/t12-/m1/s1. The van der Waals surface area contributed by atoms with E-state index in [0.29, 0.717) is 12.3 Å². The Hall–Kier alpha value is -2.08. The average molecular weight is 319 g/mol. The van der Waals surface area contributed by atoms with Crippen molar-refractivity contribution in [3.05, 3.63) is 53.6 Å². The molecule has 0 saturated carbocycles. The summed E-state index contributed by atoms with van der Waals surface area (Å²) >= 11 is 0. The van der Waals surface area contributed by atoms with Gasteiger partial charge in [0, 0.05) is 36.5 Å². The Kier molecular flexibility index (Phi) is 4.81. The van der Waals surface area contributed by atoms with Gasteiger partial charge >= 0.3 is 0 Å². The minimum absolute atomic E-state index is 0.274. The molecule has 0 N–H and O–H groups in total. The van der Waals surface area contributed by atoms with Gasteiger partial charge in [-0.2, -0.15) is 0 Å². The van der Waals surface area contributed by atoms with E-state index in [1.54, 1.807) is 12.5 Å². The molecule has 1 fully saturated rings. The zero-order valence-corrected chi connectivity index (χ0v) is 13.0. The molecule has 1 aliphatic rings. The van der Waals surface area contributed by atoms with Gasteiger partial charge in [0.05, 0.1) is 7.11 Å². The summed E-state index contributed by atoms with van der Waals surface area (Å²) in [6, 6.07) is 4.48. The summed E-state index contributed by atoms with van der Waals surface area (Å²) in [6.07, 6.45) is 5.31. The SMILES string of the molecule is COc1ccc(F)c(F)c1CN1CCC[C@@H](c2ccncn2)C1. The normalized spacial score (nSPS) is 18.8. The number of benzene rings is 1. The van der Waals surface area contributed by atoms with Gasteiger partial charge < -0.3 is 4.74 Å². The number of hydrogen-bond acceptors (Lipinski definition) is 4. The van der Waals surface area contributed by atoms with Crippen molar-refractivity contribution in [2.24, 2.45) is 0 Å². The first-order chi connectivity index (χ1) is 11.2. The Bertz CT molecular complexity index is 666. The molecule has 1 saturated heterocycles. The quantitative estimate of drug-likeness (QED) is 0.868. The minimum atomic E-state index is -0.842.